The average Bonchev–Trinajstić information content (AvgIpc) is 2.25. The summed E-state index contributed by atoms with van der Waals surface area (Å²) in [5.41, 5.74) is 7.43. The summed E-state index contributed by atoms with van der Waals surface area (Å²) in [4.78, 5) is 11.0. The molecule has 0 radical (unpaired) electrons. The van der Waals surface area contributed by atoms with Crippen LogP contribution in [0.3, 0.4) is 0 Å². The van der Waals surface area contributed by atoms with E-state index < -0.39 is 11.8 Å². The van der Waals surface area contributed by atoms with Crippen LogP contribution in [0.4, 0.5) is 0 Å². The molecule has 0 aliphatic rings. The summed E-state index contributed by atoms with van der Waals surface area (Å²) in [6.07, 6.45) is 0.385. The van der Waals surface area contributed by atoms with Gasteiger partial charge in [0.25, 0.3) is 0 Å². The van der Waals surface area contributed by atoms with Crippen LogP contribution in [-0.2, 0) is 16.6 Å². The van der Waals surface area contributed by atoms with Gasteiger partial charge in [0, 0.05) is 0 Å². The van der Waals surface area contributed by atoms with Gasteiger partial charge in [-0.05, 0) is 23.0 Å². The minimum absolute atomic E-state index is 0.108. The van der Waals surface area contributed by atoms with Crippen molar-refractivity contribution in [2.24, 2.45) is 11.7 Å². The first kappa shape index (κ1) is 13.2. The van der Waals surface area contributed by atoms with Gasteiger partial charge < -0.3 is 5.73 Å². The van der Waals surface area contributed by atoms with Gasteiger partial charge in [0.1, 0.15) is 5.92 Å². The third-order valence-corrected chi connectivity index (χ3v) is 2.76. The van der Waals surface area contributed by atoms with Crippen molar-refractivity contribution in [2.45, 2.75) is 32.6 Å². The Morgan fingerprint density at radius 3 is 2.24 bits per heavy atom. The Morgan fingerprint density at radius 1 is 1.35 bits per heavy atom. The molecule has 0 saturated carbocycles. The third-order valence-electron chi connectivity index (χ3n) is 2.76. The topological polar surface area (TPSA) is 66.9 Å². The Kier molecular flexibility index (Phi) is 3.90. The van der Waals surface area contributed by atoms with Crippen molar-refractivity contribution in [2.75, 3.05) is 0 Å². The summed E-state index contributed by atoms with van der Waals surface area (Å²) in [7, 11) is 0. The van der Waals surface area contributed by atoms with E-state index in [4.69, 9.17) is 11.0 Å². The second kappa shape index (κ2) is 5.01. The fourth-order valence-corrected chi connectivity index (χ4v) is 1.59. The maximum absolute atomic E-state index is 11.0. The van der Waals surface area contributed by atoms with Crippen molar-refractivity contribution < 1.29 is 4.79 Å². The number of carbonyl (C=O) groups excluding carboxylic acids is 1. The number of primary amides is 1. The lowest BCUT2D eigenvalue weighted by Gasteiger charge is -2.19. The molecule has 2 N–H and O–H groups in total. The van der Waals surface area contributed by atoms with Crippen LogP contribution in [0.2, 0.25) is 0 Å². The second-order valence-electron chi connectivity index (χ2n) is 5.24. The van der Waals surface area contributed by atoms with Crippen molar-refractivity contribution in [1.29, 1.82) is 5.26 Å². The van der Waals surface area contributed by atoms with Crippen LogP contribution in [0.25, 0.3) is 0 Å². The predicted octanol–water partition coefficient (Wildman–Crippen LogP) is 2.15. The molecule has 0 fully saturated rings. The van der Waals surface area contributed by atoms with E-state index in [1.54, 1.807) is 0 Å². The van der Waals surface area contributed by atoms with E-state index >= 15 is 0 Å². The molecular weight excluding hydrogens is 212 g/mol. The lowest BCUT2D eigenvalue weighted by atomic mass is 9.86. The van der Waals surface area contributed by atoms with Crippen molar-refractivity contribution in [3.05, 3.63) is 35.4 Å². The van der Waals surface area contributed by atoms with Gasteiger partial charge in [0.15, 0.2) is 0 Å². The van der Waals surface area contributed by atoms with Crippen LogP contribution in [0, 0.1) is 17.2 Å². The zero-order chi connectivity index (χ0) is 13.1. The Balaban J connectivity index is 2.83. The fraction of sp³-hybridized carbons (Fsp3) is 0.429. The van der Waals surface area contributed by atoms with E-state index in [9.17, 15) is 4.79 Å². The van der Waals surface area contributed by atoms with Crippen LogP contribution in [-0.4, -0.2) is 5.91 Å². The monoisotopic (exact) mass is 230 g/mol. The molecule has 0 spiro atoms. The number of amides is 1. The van der Waals surface area contributed by atoms with Gasteiger partial charge in [0.05, 0.1) is 6.07 Å². The Hall–Kier alpha value is -1.82. The summed E-state index contributed by atoms with van der Waals surface area (Å²) in [6, 6.07) is 9.89. The Morgan fingerprint density at radius 2 is 1.88 bits per heavy atom. The van der Waals surface area contributed by atoms with E-state index in [2.05, 4.69) is 20.8 Å². The maximum Gasteiger partial charge on any atom is 0.235 e. The number of nitrogens with zero attached hydrogens (tertiary/aromatic N) is 1. The summed E-state index contributed by atoms with van der Waals surface area (Å²) in [5, 5.41) is 8.79. The van der Waals surface area contributed by atoms with Crippen LogP contribution in [0.5, 0.6) is 0 Å². The summed E-state index contributed by atoms with van der Waals surface area (Å²) >= 11 is 0. The predicted molar refractivity (Wildman–Crippen MR) is 67.1 cm³/mol. The summed E-state index contributed by atoms with van der Waals surface area (Å²) in [5.74, 6) is -1.30. The smallest absolute Gasteiger partial charge is 0.235 e. The van der Waals surface area contributed by atoms with Crippen molar-refractivity contribution in [3.8, 4) is 6.07 Å². The van der Waals surface area contributed by atoms with E-state index in [-0.39, 0.29) is 5.41 Å². The van der Waals surface area contributed by atoms with Crippen LogP contribution >= 0.6 is 0 Å². The van der Waals surface area contributed by atoms with Crippen molar-refractivity contribution in [1.82, 2.24) is 0 Å². The Bertz CT molecular complexity index is 435. The molecule has 1 aromatic carbocycles. The van der Waals surface area contributed by atoms with Gasteiger partial charge in [-0.15, -0.1) is 0 Å². The molecular formula is C14H18N2O. The van der Waals surface area contributed by atoms with Gasteiger partial charge in [-0.1, -0.05) is 45.0 Å². The Labute approximate surface area is 102 Å². The lowest BCUT2D eigenvalue weighted by molar-refractivity contribution is -0.120. The zero-order valence-corrected chi connectivity index (χ0v) is 10.5. The third kappa shape index (κ3) is 3.60. The number of benzene rings is 1. The zero-order valence-electron chi connectivity index (χ0n) is 10.5. The second-order valence-corrected chi connectivity index (χ2v) is 5.24. The van der Waals surface area contributed by atoms with Gasteiger partial charge in [-0.2, -0.15) is 5.26 Å². The first-order chi connectivity index (χ1) is 7.84. The SMILES string of the molecule is CC(C)(C)c1ccc(C[C@@H](C#N)C(N)=O)cc1. The fourth-order valence-electron chi connectivity index (χ4n) is 1.59. The number of hydrogen-bond acceptors (Lipinski definition) is 2. The largest absolute Gasteiger partial charge is 0.369 e. The molecule has 1 amide bonds. The normalized spacial score (nSPS) is 12.8. The molecule has 0 unspecified atom stereocenters. The maximum atomic E-state index is 11.0. The molecule has 0 saturated heterocycles. The van der Waals surface area contributed by atoms with E-state index in [1.807, 2.05) is 30.3 Å². The molecule has 0 aromatic heterocycles. The van der Waals surface area contributed by atoms with Crippen molar-refractivity contribution in [3.63, 3.8) is 0 Å². The van der Waals surface area contributed by atoms with Crippen LogP contribution in [0.15, 0.2) is 24.3 Å². The van der Waals surface area contributed by atoms with Crippen LogP contribution in [0.1, 0.15) is 31.9 Å². The van der Waals surface area contributed by atoms with E-state index in [1.165, 1.54) is 5.56 Å². The standard InChI is InChI=1S/C14H18N2O/c1-14(2,3)12-6-4-10(5-7-12)8-11(9-15)13(16)17/h4-7,11H,8H2,1-3H3,(H2,16,17)/t11-/m0/s1. The van der Waals surface area contributed by atoms with E-state index in [0.717, 1.165) is 5.56 Å². The highest BCUT2D eigenvalue weighted by atomic mass is 16.1. The number of hydrogen-bond donors (Lipinski definition) is 1. The van der Waals surface area contributed by atoms with Crippen LogP contribution < -0.4 is 5.73 Å². The molecule has 17 heavy (non-hydrogen) atoms. The van der Waals surface area contributed by atoms with E-state index in [0.29, 0.717) is 6.42 Å². The number of carbonyl (C=O) groups is 1. The highest BCUT2D eigenvalue weighted by Gasteiger charge is 2.16. The van der Waals surface area contributed by atoms with Gasteiger partial charge in [-0.3, -0.25) is 4.79 Å². The first-order valence-electron chi connectivity index (χ1n) is 5.63. The molecule has 0 aliphatic heterocycles. The molecule has 1 aromatic rings. The highest BCUT2D eigenvalue weighted by Crippen LogP contribution is 2.22. The van der Waals surface area contributed by atoms with Gasteiger partial charge in [-0.25, -0.2) is 0 Å². The lowest BCUT2D eigenvalue weighted by Crippen LogP contribution is -2.23. The number of rotatable bonds is 3. The molecule has 0 aliphatic carbocycles. The molecule has 0 bridgehead atoms. The minimum Gasteiger partial charge on any atom is -0.369 e. The molecule has 1 rings (SSSR count). The summed E-state index contributed by atoms with van der Waals surface area (Å²) < 4.78 is 0. The molecule has 3 nitrogen and oxygen atoms in total. The minimum atomic E-state index is -0.740. The average molecular weight is 230 g/mol. The molecule has 90 valence electrons. The first-order valence-corrected chi connectivity index (χ1v) is 5.63. The number of nitriles is 1. The van der Waals surface area contributed by atoms with Gasteiger partial charge in [0.2, 0.25) is 5.91 Å². The number of nitrogens with two attached hydrogens (primary N) is 1. The molecule has 1 atom stereocenters. The van der Waals surface area contributed by atoms with Crippen molar-refractivity contribution >= 4 is 5.91 Å². The quantitative estimate of drug-likeness (QED) is 0.864. The molecule has 3 heteroatoms. The molecule has 0 heterocycles. The highest BCUT2D eigenvalue weighted by molar-refractivity contribution is 5.79. The van der Waals surface area contributed by atoms with Gasteiger partial charge >= 0.3 is 0 Å². The summed E-state index contributed by atoms with van der Waals surface area (Å²) in [6.45, 7) is 6.43.